The van der Waals surface area contributed by atoms with E-state index in [0.29, 0.717) is 10.0 Å². The van der Waals surface area contributed by atoms with Crippen LogP contribution in [0.2, 0.25) is 10.0 Å². The Morgan fingerprint density at radius 3 is 2.82 bits per heavy atom. The second kappa shape index (κ2) is 7.33. The van der Waals surface area contributed by atoms with Gasteiger partial charge in [0.2, 0.25) is 0 Å². The van der Waals surface area contributed by atoms with E-state index in [4.69, 9.17) is 23.2 Å². The van der Waals surface area contributed by atoms with Gasteiger partial charge in [-0.1, -0.05) is 35.3 Å². The molecule has 1 aliphatic rings. The molecule has 1 aromatic heterocycles. The average Bonchev–Trinajstić information content (AvgIpc) is 2.76. The number of nitrogens with zero attached hydrogens (tertiary/aromatic N) is 1. The van der Waals surface area contributed by atoms with Crippen molar-refractivity contribution in [2.45, 2.75) is 19.4 Å². The minimum atomic E-state index is 0.186. The Kier molecular flexibility index (Phi) is 5.42. The molecule has 1 aliphatic heterocycles. The molecule has 3 rings (SSSR count). The zero-order valence-electron chi connectivity index (χ0n) is 12.6. The molecule has 5 heteroatoms. The lowest BCUT2D eigenvalue weighted by Gasteiger charge is -2.31. The maximum atomic E-state index is 6.55. The van der Waals surface area contributed by atoms with Crippen LogP contribution in [0.5, 0.6) is 0 Å². The van der Waals surface area contributed by atoms with E-state index in [-0.39, 0.29) is 6.04 Å². The highest BCUT2D eigenvalue weighted by Crippen LogP contribution is 2.40. The number of rotatable bonds is 3. The first-order valence-electron chi connectivity index (χ1n) is 7.61. The normalized spacial score (nSPS) is 18.1. The molecule has 0 amide bonds. The third-order valence-electron chi connectivity index (χ3n) is 4.17. The first kappa shape index (κ1) is 16.3. The second-order valence-electron chi connectivity index (χ2n) is 5.65. The van der Waals surface area contributed by atoms with Crippen molar-refractivity contribution in [2.75, 3.05) is 26.2 Å². The number of halogens is 2. The molecule has 0 aliphatic carbocycles. The molecule has 0 spiro atoms. The van der Waals surface area contributed by atoms with Crippen LogP contribution in [-0.4, -0.2) is 31.1 Å². The van der Waals surface area contributed by atoms with E-state index in [2.05, 4.69) is 34.7 Å². The van der Waals surface area contributed by atoms with Crippen LogP contribution in [0.15, 0.2) is 29.6 Å². The predicted octanol–water partition coefficient (Wildman–Crippen LogP) is 4.75. The van der Waals surface area contributed by atoms with E-state index in [0.717, 1.165) is 38.2 Å². The number of nitrogens with one attached hydrogen (secondary N) is 1. The van der Waals surface area contributed by atoms with Crippen LogP contribution in [-0.2, 0) is 0 Å². The molecule has 2 nitrogen and oxygen atoms in total. The molecule has 1 atom stereocenters. The lowest BCUT2D eigenvalue weighted by molar-refractivity contribution is 0.243. The quantitative estimate of drug-likeness (QED) is 0.855. The monoisotopic (exact) mass is 354 g/mol. The zero-order chi connectivity index (χ0) is 15.5. The molecule has 1 unspecified atom stereocenters. The number of thiophene rings is 1. The third-order valence-corrected chi connectivity index (χ3v) is 6.07. The highest BCUT2D eigenvalue weighted by atomic mass is 35.5. The van der Waals surface area contributed by atoms with E-state index in [1.807, 2.05) is 12.1 Å². The summed E-state index contributed by atoms with van der Waals surface area (Å²) in [5.41, 5.74) is 2.44. The van der Waals surface area contributed by atoms with Crippen LogP contribution in [0, 0.1) is 6.92 Å². The molecule has 118 valence electrons. The van der Waals surface area contributed by atoms with Crippen LogP contribution in [0.4, 0.5) is 0 Å². The van der Waals surface area contributed by atoms with Gasteiger partial charge < -0.3 is 5.32 Å². The molecule has 1 aromatic carbocycles. The Morgan fingerprint density at radius 1 is 1.18 bits per heavy atom. The SMILES string of the molecule is Cc1ccsc1C(c1cccc(Cl)c1Cl)N1CCCNCC1. The molecule has 22 heavy (non-hydrogen) atoms. The average molecular weight is 355 g/mol. The van der Waals surface area contributed by atoms with Gasteiger partial charge in [0.15, 0.2) is 0 Å². The topological polar surface area (TPSA) is 15.3 Å². The summed E-state index contributed by atoms with van der Waals surface area (Å²) < 4.78 is 0. The predicted molar refractivity (Wildman–Crippen MR) is 96.4 cm³/mol. The maximum absolute atomic E-state index is 6.55. The summed E-state index contributed by atoms with van der Waals surface area (Å²) in [5, 5.41) is 6.94. The summed E-state index contributed by atoms with van der Waals surface area (Å²) in [7, 11) is 0. The van der Waals surface area contributed by atoms with Gasteiger partial charge in [0, 0.05) is 24.5 Å². The van der Waals surface area contributed by atoms with Crippen molar-refractivity contribution < 1.29 is 0 Å². The minimum Gasteiger partial charge on any atom is -0.315 e. The Morgan fingerprint density at radius 2 is 2.05 bits per heavy atom. The number of hydrogen-bond donors (Lipinski definition) is 1. The largest absolute Gasteiger partial charge is 0.315 e. The number of hydrogen-bond acceptors (Lipinski definition) is 3. The fourth-order valence-electron chi connectivity index (χ4n) is 3.02. The molecule has 0 bridgehead atoms. The van der Waals surface area contributed by atoms with Crippen LogP contribution in [0.1, 0.15) is 28.5 Å². The first-order chi connectivity index (χ1) is 10.7. The van der Waals surface area contributed by atoms with Gasteiger partial charge in [0.05, 0.1) is 16.1 Å². The van der Waals surface area contributed by atoms with E-state index in [1.54, 1.807) is 11.3 Å². The molecule has 1 saturated heterocycles. The first-order valence-corrected chi connectivity index (χ1v) is 9.24. The molecule has 2 aromatic rings. The standard InChI is InChI=1S/C17H20Cl2N2S/c1-12-6-11-22-17(12)16(21-9-3-7-20-8-10-21)13-4-2-5-14(18)15(13)19/h2,4-6,11,16,20H,3,7-10H2,1H3. The lowest BCUT2D eigenvalue weighted by Crippen LogP contribution is -2.33. The van der Waals surface area contributed by atoms with Gasteiger partial charge in [0.25, 0.3) is 0 Å². The van der Waals surface area contributed by atoms with Crippen LogP contribution in [0.25, 0.3) is 0 Å². The lowest BCUT2D eigenvalue weighted by atomic mass is 10.0. The van der Waals surface area contributed by atoms with Crippen molar-refractivity contribution in [1.29, 1.82) is 0 Å². The minimum absolute atomic E-state index is 0.186. The number of benzene rings is 1. The van der Waals surface area contributed by atoms with Crippen molar-refractivity contribution in [2.24, 2.45) is 0 Å². The molecular formula is C17H20Cl2N2S. The van der Waals surface area contributed by atoms with E-state index < -0.39 is 0 Å². The molecule has 2 heterocycles. The second-order valence-corrected chi connectivity index (χ2v) is 7.39. The van der Waals surface area contributed by atoms with Gasteiger partial charge in [-0.05, 0) is 48.5 Å². The van der Waals surface area contributed by atoms with E-state index >= 15 is 0 Å². The van der Waals surface area contributed by atoms with Crippen LogP contribution >= 0.6 is 34.5 Å². The van der Waals surface area contributed by atoms with E-state index in [9.17, 15) is 0 Å². The van der Waals surface area contributed by atoms with Crippen molar-refractivity contribution >= 4 is 34.5 Å². The molecule has 1 N–H and O–H groups in total. The fourth-order valence-corrected chi connectivity index (χ4v) is 4.51. The van der Waals surface area contributed by atoms with Crippen molar-refractivity contribution in [3.8, 4) is 0 Å². The summed E-state index contributed by atoms with van der Waals surface area (Å²) in [6.07, 6.45) is 1.15. The third kappa shape index (κ3) is 3.34. The van der Waals surface area contributed by atoms with Gasteiger partial charge in [-0.25, -0.2) is 0 Å². The van der Waals surface area contributed by atoms with Gasteiger partial charge in [-0.3, -0.25) is 4.90 Å². The van der Waals surface area contributed by atoms with Crippen LogP contribution in [0.3, 0.4) is 0 Å². The highest BCUT2D eigenvalue weighted by molar-refractivity contribution is 7.10. The highest BCUT2D eigenvalue weighted by Gasteiger charge is 2.27. The summed E-state index contributed by atoms with van der Waals surface area (Å²) in [5.74, 6) is 0. The molecular weight excluding hydrogens is 335 g/mol. The smallest absolute Gasteiger partial charge is 0.0714 e. The number of aryl methyl sites for hydroxylation is 1. The van der Waals surface area contributed by atoms with Gasteiger partial charge >= 0.3 is 0 Å². The summed E-state index contributed by atoms with van der Waals surface area (Å²) in [4.78, 5) is 3.89. The molecule has 1 fully saturated rings. The summed E-state index contributed by atoms with van der Waals surface area (Å²) >= 11 is 14.6. The Labute approximate surface area is 146 Å². The van der Waals surface area contributed by atoms with Crippen molar-refractivity contribution in [3.63, 3.8) is 0 Å². The Balaban J connectivity index is 2.06. The van der Waals surface area contributed by atoms with Crippen LogP contribution < -0.4 is 5.32 Å². The zero-order valence-corrected chi connectivity index (χ0v) is 14.9. The van der Waals surface area contributed by atoms with E-state index in [1.165, 1.54) is 10.4 Å². The Bertz CT molecular complexity index is 633. The summed E-state index contributed by atoms with van der Waals surface area (Å²) in [6.45, 7) is 6.35. The van der Waals surface area contributed by atoms with Crippen molar-refractivity contribution in [1.82, 2.24) is 10.2 Å². The maximum Gasteiger partial charge on any atom is 0.0714 e. The van der Waals surface area contributed by atoms with Crippen molar-refractivity contribution in [3.05, 3.63) is 55.7 Å². The van der Waals surface area contributed by atoms with Gasteiger partial charge in [-0.15, -0.1) is 11.3 Å². The fraction of sp³-hybridized carbons (Fsp3) is 0.412. The molecule has 0 radical (unpaired) electrons. The van der Waals surface area contributed by atoms with Gasteiger partial charge in [0.1, 0.15) is 0 Å². The Hall–Kier alpha value is -0.580. The summed E-state index contributed by atoms with van der Waals surface area (Å²) in [6, 6.07) is 8.33. The van der Waals surface area contributed by atoms with Gasteiger partial charge in [-0.2, -0.15) is 0 Å². The molecule has 0 saturated carbocycles.